The molecule has 1 aliphatic heterocycles. The summed E-state index contributed by atoms with van der Waals surface area (Å²) in [6.07, 6.45) is 13.6. The summed E-state index contributed by atoms with van der Waals surface area (Å²) in [6, 6.07) is 4.32. The fourth-order valence-corrected chi connectivity index (χ4v) is 7.09. The molecular weight excluding hydrogens is 563 g/mol. The summed E-state index contributed by atoms with van der Waals surface area (Å²) in [4.78, 5) is 21.1. The number of nitrogens with zero attached hydrogens (tertiary/aromatic N) is 2. The van der Waals surface area contributed by atoms with E-state index in [1.54, 1.807) is 0 Å². The molecule has 7 heteroatoms. The lowest BCUT2D eigenvalue weighted by Crippen LogP contribution is -2.41. The number of thioether (sulfide) groups is 1. The monoisotopic (exact) mass is 588 g/mol. The zero-order valence-electron chi connectivity index (χ0n) is 16.4. The Kier molecular flexibility index (Phi) is 7.27. The number of phenolic OH excluding ortho intramolecular Hbond substituents is 1. The third kappa shape index (κ3) is 5.03. The van der Waals surface area contributed by atoms with Crippen molar-refractivity contribution in [1.29, 1.82) is 0 Å². The molecule has 0 aromatic heterocycles. The van der Waals surface area contributed by atoms with E-state index in [9.17, 15) is 9.90 Å². The molecule has 1 heterocycles. The summed E-state index contributed by atoms with van der Waals surface area (Å²) in [6.45, 7) is 0. The Morgan fingerprint density at radius 2 is 1.76 bits per heavy atom. The van der Waals surface area contributed by atoms with Crippen molar-refractivity contribution >= 4 is 67.4 Å². The van der Waals surface area contributed by atoms with Crippen molar-refractivity contribution in [1.82, 2.24) is 4.90 Å². The summed E-state index contributed by atoms with van der Waals surface area (Å²) < 4.78 is 1.65. The van der Waals surface area contributed by atoms with E-state index in [-0.39, 0.29) is 17.7 Å². The Balaban J connectivity index is 1.67. The first-order valence-electron chi connectivity index (χ1n) is 10.5. The molecule has 3 aliphatic rings. The van der Waals surface area contributed by atoms with Gasteiger partial charge in [0.1, 0.15) is 5.75 Å². The van der Waals surface area contributed by atoms with Gasteiger partial charge in [0, 0.05) is 16.1 Å². The van der Waals surface area contributed by atoms with E-state index < -0.39 is 0 Å². The summed E-state index contributed by atoms with van der Waals surface area (Å²) >= 11 is 7.09. The van der Waals surface area contributed by atoms with Crippen molar-refractivity contribution in [3.63, 3.8) is 0 Å². The molecule has 156 valence electrons. The van der Waals surface area contributed by atoms with Crippen LogP contribution in [0.5, 0.6) is 5.75 Å². The van der Waals surface area contributed by atoms with Crippen LogP contribution in [0.25, 0.3) is 6.08 Å². The van der Waals surface area contributed by atoms with Gasteiger partial charge in [0.2, 0.25) is 0 Å². The minimum Gasteiger partial charge on any atom is -0.506 e. The molecule has 2 aliphatic carbocycles. The zero-order valence-corrected chi connectivity index (χ0v) is 20.9. The van der Waals surface area contributed by atoms with Crippen LogP contribution in [0.3, 0.4) is 0 Å². The number of amidine groups is 1. The van der Waals surface area contributed by atoms with Crippen LogP contribution < -0.4 is 0 Å². The Morgan fingerprint density at radius 1 is 1.10 bits per heavy atom. The quantitative estimate of drug-likeness (QED) is 0.316. The fraction of sp³-hybridized carbons (Fsp3) is 0.545. The second-order valence-corrected chi connectivity index (χ2v) is 11.2. The molecule has 1 saturated heterocycles. The normalized spacial score (nSPS) is 24.8. The number of halogens is 2. The lowest BCUT2D eigenvalue weighted by molar-refractivity contribution is -0.124. The third-order valence-electron chi connectivity index (χ3n) is 5.99. The van der Waals surface area contributed by atoms with E-state index in [1.165, 1.54) is 50.3 Å². The maximum atomic E-state index is 13.4. The van der Waals surface area contributed by atoms with Gasteiger partial charge in [-0.2, -0.15) is 0 Å². The number of rotatable bonds is 3. The van der Waals surface area contributed by atoms with Gasteiger partial charge >= 0.3 is 0 Å². The van der Waals surface area contributed by atoms with Gasteiger partial charge in [-0.25, -0.2) is 0 Å². The maximum absolute atomic E-state index is 13.4. The van der Waals surface area contributed by atoms with Gasteiger partial charge in [-0.15, -0.1) is 0 Å². The zero-order chi connectivity index (χ0) is 20.4. The highest BCUT2D eigenvalue weighted by molar-refractivity contribution is 14.1. The minimum absolute atomic E-state index is 0.0471. The van der Waals surface area contributed by atoms with Gasteiger partial charge in [-0.05, 0) is 78.2 Å². The maximum Gasteiger partial charge on any atom is 0.267 e. The van der Waals surface area contributed by atoms with Crippen molar-refractivity contribution in [2.75, 3.05) is 0 Å². The molecule has 3 fully saturated rings. The highest BCUT2D eigenvalue weighted by atomic mass is 127. The molecule has 0 spiro atoms. The lowest BCUT2D eigenvalue weighted by Gasteiger charge is -2.31. The molecule has 4 nitrogen and oxygen atoms in total. The number of carbonyl (C=O) groups is 1. The number of benzene rings is 1. The number of aromatic hydroxyl groups is 1. The minimum atomic E-state index is 0.0471. The van der Waals surface area contributed by atoms with E-state index in [4.69, 9.17) is 4.99 Å². The average Bonchev–Trinajstić information content (AvgIpc) is 3.02. The number of hydrogen-bond donors (Lipinski definition) is 1. The molecule has 2 saturated carbocycles. The Bertz CT molecular complexity index is 845. The Morgan fingerprint density at radius 3 is 2.45 bits per heavy atom. The average molecular weight is 589 g/mol. The van der Waals surface area contributed by atoms with Crippen LogP contribution in [0, 0.1) is 3.57 Å². The fourth-order valence-electron chi connectivity index (χ4n) is 4.44. The standard InChI is InChI=1S/C22H26BrIN2O2S/c23-15-11-14(20(27)18(24)13-15)12-19-21(28)26(17-9-5-2-6-10-17)22(29-19)25-16-7-3-1-4-8-16/h11-13,16-17,27H,1-10H2. The molecule has 1 N–H and O–H groups in total. The predicted octanol–water partition coefficient (Wildman–Crippen LogP) is 6.70. The molecule has 0 unspecified atom stereocenters. The van der Waals surface area contributed by atoms with Crippen LogP contribution >= 0.6 is 50.3 Å². The highest BCUT2D eigenvalue weighted by Gasteiger charge is 2.39. The van der Waals surface area contributed by atoms with Crippen molar-refractivity contribution in [3.8, 4) is 5.75 Å². The molecule has 1 aromatic rings. The number of amides is 1. The van der Waals surface area contributed by atoms with Crippen molar-refractivity contribution < 1.29 is 9.90 Å². The Hall–Kier alpha value is -0.540. The highest BCUT2D eigenvalue weighted by Crippen LogP contribution is 2.40. The predicted molar refractivity (Wildman–Crippen MR) is 132 cm³/mol. The van der Waals surface area contributed by atoms with Gasteiger partial charge in [0.25, 0.3) is 5.91 Å². The summed E-state index contributed by atoms with van der Waals surface area (Å²) in [5.74, 6) is 0.266. The van der Waals surface area contributed by atoms with Gasteiger partial charge in [-0.1, -0.05) is 54.5 Å². The smallest absolute Gasteiger partial charge is 0.267 e. The SMILES string of the molecule is O=C1C(=Cc2cc(Br)cc(I)c2O)SC(=NC2CCCCC2)N1C1CCCCC1. The first-order chi connectivity index (χ1) is 14.0. The second-order valence-electron chi connectivity index (χ2n) is 8.11. The van der Waals surface area contributed by atoms with Gasteiger partial charge in [0.05, 0.1) is 14.5 Å². The van der Waals surface area contributed by atoms with Gasteiger partial charge < -0.3 is 5.11 Å². The van der Waals surface area contributed by atoms with E-state index in [2.05, 4.69) is 38.5 Å². The van der Waals surface area contributed by atoms with Crippen LogP contribution in [0.15, 0.2) is 26.5 Å². The topological polar surface area (TPSA) is 52.9 Å². The molecule has 0 bridgehead atoms. The molecule has 1 aromatic carbocycles. The molecule has 4 rings (SSSR count). The molecule has 29 heavy (non-hydrogen) atoms. The number of hydrogen-bond acceptors (Lipinski definition) is 4. The summed E-state index contributed by atoms with van der Waals surface area (Å²) in [7, 11) is 0. The van der Waals surface area contributed by atoms with Crippen LogP contribution in [0.4, 0.5) is 0 Å². The first kappa shape index (κ1) is 21.7. The van der Waals surface area contributed by atoms with Crippen molar-refractivity contribution in [2.45, 2.75) is 76.3 Å². The van der Waals surface area contributed by atoms with Gasteiger partial charge in [0.15, 0.2) is 5.17 Å². The summed E-state index contributed by atoms with van der Waals surface area (Å²) in [5.41, 5.74) is 0.669. The van der Waals surface area contributed by atoms with E-state index >= 15 is 0 Å². The van der Waals surface area contributed by atoms with E-state index in [0.29, 0.717) is 16.5 Å². The van der Waals surface area contributed by atoms with E-state index in [0.717, 1.165) is 38.9 Å². The van der Waals surface area contributed by atoms with Gasteiger partial charge in [-0.3, -0.25) is 14.7 Å². The molecule has 0 radical (unpaired) electrons. The van der Waals surface area contributed by atoms with Crippen LogP contribution in [-0.2, 0) is 4.79 Å². The largest absolute Gasteiger partial charge is 0.506 e. The van der Waals surface area contributed by atoms with Crippen molar-refractivity contribution in [3.05, 3.63) is 30.6 Å². The molecular formula is C22H26BrIN2O2S. The Labute approximate surface area is 198 Å². The third-order valence-corrected chi connectivity index (χ3v) is 8.27. The molecule has 0 atom stereocenters. The second kappa shape index (κ2) is 9.73. The summed E-state index contributed by atoms with van der Waals surface area (Å²) in [5, 5.41) is 11.4. The first-order valence-corrected chi connectivity index (χ1v) is 13.2. The number of aliphatic imine (C=N–C) groups is 1. The number of phenols is 1. The van der Waals surface area contributed by atoms with Crippen LogP contribution in [0.2, 0.25) is 0 Å². The van der Waals surface area contributed by atoms with Crippen LogP contribution in [0.1, 0.15) is 69.8 Å². The number of carbonyl (C=O) groups excluding carboxylic acids is 1. The molecule has 1 amide bonds. The van der Waals surface area contributed by atoms with Crippen LogP contribution in [-0.4, -0.2) is 33.2 Å². The van der Waals surface area contributed by atoms with Crippen molar-refractivity contribution in [2.24, 2.45) is 4.99 Å². The lowest BCUT2D eigenvalue weighted by atomic mass is 9.94. The van der Waals surface area contributed by atoms with E-state index in [1.807, 2.05) is 23.1 Å².